The largest absolute Gasteiger partial charge is 0.355 e. The molecule has 10 heteroatoms. The van der Waals surface area contributed by atoms with Gasteiger partial charge in [0.1, 0.15) is 16.9 Å². The minimum absolute atomic E-state index is 0.00165. The van der Waals surface area contributed by atoms with Crippen molar-refractivity contribution in [1.82, 2.24) is 10.3 Å². The molecule has 1 aromatic carbocycles. The SMILES string of the molecule is CC.CCc1c(C#N)c(N2CCC(NC(=O)CN)CC2)nc(SCc2ccc(N(C)SC)cc2)c1CN. The van der Waals surface area contributed by atoms with E-state index in [9.17, 15) is 10.1 Å². The van der Waals surface area contributed by atoms with Crippen molar-refractivity contribution in [2.45, 2.75) is 63.4 Å². The van der Waals surface area contributed by atoms with Crippen molar-refractivity contribution >= 4 is 41.1 Å². The van der Waals surface area contributed by atoms with Crippen molar-refractivity contribution in [2.75, 3.05) is 42.1 Å². The summed E-state index contributed by atoms with van der Waals surface area (Å²) >= 11 is 3.34. The van der Waals surface area contributed by atoms with Gasteiger partial charge in [0, 0.05) is 56.0 Å². The van der Waals surface area contributed by atoms with E-state index in [1.54, 1.807) is 23.7 Å². The second-order valence-corrected chi connectivity index (χ2v) is 10.3. The van der Waals surface area contributed by atoms with Crippen LogP contribution >= 0.6 is 23.7 Å². The smallest absolute Gasteiger partial charge is 0.233 e. The Morgan fingerprint density at radius 2 is 1.86 bits per heavy atom. The monoisotopic (exact) mass is 543 g/mol. The third-order valence-corrected chi connectivity index (χ3v) is 8.17. The van der Waals surface area contributed by atoms with Crippen molar-refractivity contribution in [2.24, 2.45) is 11.5 Å². The molecule has 0 aliphatic carbocycles. The molecule has 1 saturated heterocycles. The van der Waals surface area contributed by atoms with E-state index in [1.807, 2.05) is 20.9 Å². The molecule has 0 atom stereocenters. The van der Waals surface area contributed by atoms with Crippen molar-refractivity contribution in [3.05, 3.63) is 46.5 Å². The summed E-state index contributed by atoms with van der Waals surface area (Å²) in [4.78, 5) is 18.8. The molecular formula is C27H41N7OS2. The number of nitriles is 1. The lowest BCUT2D eigenvalue weighted by Gasteiger charge is -2.34. The van der Waals surface area contributed by atoms with E-state index in [4.69, 9.17) is 16.5 Å². The first-order valence-electron chi connectivity index (χ1n) is 12.8. The van der Waals surface area contributed by atoms with Crippen molar-refractivity contribution in [3.8, 4) is 6.07 Å². The quantitative estimate of drug-likeness (QED) is 0.301. The van der Waals surface area contributed by atoms with Gasteiger partial charge in [-0.3, -0.25) is 4.79 Å². The maximum Gasteiger partial charge on any atom is 0.233 e. The third kappa shape index (κ3) is 8.01. The highest BCUT2D eigenvalue weighted by molar-refractivity contribution is 7.99. The van der Waals surface area contributed by atoms with Crippen molar-refractivity contribution in [1.29, 1.82) is 5.26 Å². The molecule has 37 heavy (non-hydrogen) atoms. The summed E-state index contributed by atoms with van der Waals surface area (Å²) in [6, 6.07) is 11.0. The molecule has 2 heterocycles. The average molecular weight is 544 g/mol. The normalized spacial score (nSPS) is 13.4. The lowest BCUT2D eigenvalue weighted by Crippen LogP contribution is -2.46. The predicted molar refractivity (Wildman–Crippen MR) is 158 cm³/mol. The standard InChI is InChI=1S/C25H35N7OS2.C2H6/c1-4-20-21(13-26)24(32-11-9-18(10-12-32)29-23(33)15-28)30-25(22(20)14-27)35-16-17-5-7-19(8-6-17)31(2)34-3;1-2/h5-8,18H,4,9-12,14-16,27-28H2,1-3H3,(H,29,33);1-2H3. The fourth-order valence-electron chi connectivity index (χ4n) is 4.28. The fourth-order valence-corrected chi connectivity index (χ4v) is 5.64. The summed E-state index contributed by atoms with van der Waals surface area (Å²) in [5.41, 5.74) is 16.5. The average Bonchev–Trinajstić information content (AvgIpc) is 2.96. The Labute approximate surface area is 230 Å². The molecule has 0 spiro atoms. The van der Waals surface area contributed by atoms with E-state index in [1.165, 1.54) is 5.56 Å². The number of amides is 1. The molecule has 0 unspecified atom stereocenters. The van der Waals surface area contributed by atoms with Crippen LogP contribution in [0, 0.1) is 11.3 Å². The van der Waals surface area contributed by atoms with Crippen LogP contribution in [-0.4, -0.2) is 49.9 Å². The van der Waals surface area contributed by atoms with Crippen LogP contribution in [0.25, 0.3) is 0 Å². The number of nitrogens with zero attached hydrogens (tertiary/aromatic N) is 4. The molecule has 3 rings (SSSR count). The van der Waals surface area contributed by atoms with Gasteiger partial charge in [-0.25, -0.2) is 4.98 Å². The van der Waals surface area contributed by atoms with E-state index in [2.05, 4.69) is 58.0 Å². The zero-order valence-corrected chi connectivity index (χ0v) is 24.3. The molecule has 8 nitrogen and oxygen atoms in total. The summed E-state index contributed by atoms with van der Waals surface area (Å²) < 4.78 is 2.12. The molecule has 0 radical (unpaired) electrons. The van der Waals surface area contributed by atoms with Crippen LogP contribution in [0.1, 0.15) is 55.9 Å². The van der Waals surface area contributed by atoms with E-state index in [0.717, 1.165) is 65.8 Å². The van der Waals surface area contributed by atoms with Crippen LogP contribution in [0.15, 0.2) is 29.3 Å². The molecular weight excluding hydrogens is 502 g/mol. The maximum atomic E-state index is 11.7. The number of piperidine rings is 1. The molecule has 0 saturated carbocycles. The number of hydrogen-bond donors (Lipinski definition) is 3. The van der Waals surface area contributed by atoms with Gasteiger partial charge in [-0.2, -0.15) is 5.26 Å². The van der Waals surface area contributed by atoms with Gasteiger partial charge in [0.25, 0.3) is 0 Å². The van der Waals surface area contributed by atoms with Crippen molar-refractivity contribution < 1.29 is 4.79 Å². The van der Waals surface area contributed by atoms with Gasteiger partial charge in [-0.05, 0) is 42.5 Å². The first-order chi connectivity index (χ1) is 17.9. The Hall–Kier alpha value is -2.45. The number of aromatic nitrogens is 1. The van der Waals surface area contributed by atoms with E-state index in [0.29, 0.717) is 12.1 Å². The Morgan fingerprint density at radius 1 is 1.22 bits per heavy atom. The Balaban J connectivity index is 0.00000235. The van der Waals surface area contributed by atoms with E-state index >= 15 is 0 Å². The summed E-state index contributed by atoms with van der Waals surface area (Å²) in [6.07, 6.45) is 4.35. The molecule has 202 valence electrons. The van der Waals surface area contributed by atoms with Gasteiger partial charge in [0.05, 0.1) is 12.1 Å². The summed E-state index contributed by atoms with van der Waals surface area (Å²) in [6.45, 7) is 7.84. The number of nitrogens with one attached hydrogen (secondary N) is 1. The first kappa shape index (κ1) is 30.8. The van der Waals surface area contributed by atoms with Crippen LogP contribution < -0.4 is 26.0 Å². The Kier molecular flexibility index (Phi) is 13.1. The number of nitrogens with two attached hydrogens (primary N) is 2. The maximum absolute atomic E-state index is 11.7. The van der Waals surface area contributed by atoms with E-state index in [-0.39, 0.29) is 18.5 Å². The summed E-state index contributed by atoms with van der Waals surface area (Å²) in [5, 5.41) is 13.9. The molecule has 5 N–H and O–H groups in total. The third-order valence-electron chi connectivity index (χ3n) is 6.32. The molecule has 2 aromatic rings. The number of carbonyl (C=O) groups excluding carboxylic acids is 1. The number of thioether (sulfide) groups is 1. The van der Waals surface area contributed by atoms with Crippen LogP contribution in [0.5, 0.6) is 0 Å². The van der Waals surface area contributed by atoms with E-state index < -0.39 is 0 Å². The second kappa shape index (κ2) is 15.7. The van der Waals surface area contributed by atoms with Gasteiger partial charge >= 0.3 is 0 Å². The van der Waals surface area contributed by atoms with Gasteiger partial charge < -0.3 is 26.0 Å². The highest BCUT2D eigenvalue weighted by Gasteiger charge is 2.26. The number of anilines is 2. The molecule has 1 amide bonds. The van der Waals surface area contributed by atoms with Gasteiger partial charge in [0.15, 0.2) is 0 Å². The first-order valence-corrected chi connectivity index (χ1v) is 15.0. The van der Waals surface area contributed by atoms with Crippen LogP contribution in [0.2, 0.25) is 0 Å². The minimum Gasteiger partial charge on any atom is -0.355 e. The second-order valence-electron chi connectivity index (χ2n) is 8.41. The summed E-state index contributed by atoms with van der Waals surface area (Å²) in [5.74, 6) is 1.36. The zero-order valence-electron chi connectivity index (χ0n) is 22.7. The van der Waals surface area contributed by atoms with Gasteiger partial charge in [-0.1, -0.05) is 44.9 Å². The topological polar surface area (TPSA) is 124 Å². The van der Waals surface area contributed by atoms with Gasteiger partial charge in [-0.15, -0.1) is 11.8 Å². The molecule has 1 fully saturated rings. The predicted octanol–water partition coefficient (Wildman–Crippen LogP) is 4.05. The number of carbonyl (C=O) groups is 1. The van der Waals surface area contributed by atoms with Crippen molar-refractivity contribution in [3.63, 3.8) is 0 Å². The van der Waals surface area contributed by atoms with Gasteiger partial charge in [0.2, 0.25) is 5.91 Å². The Bertz CT molecular complexity index is 1050. The lowest BCUT2D eigenvalue weighted by molar-refractivity contribution is -0.120. The highest BCUT2D eigenvalue weighted by atomic mass is 32.2. The number of benzene rings is 1. The van der Waals surface area contributed by atoms with Crippen LogP contribution in [0.4, 0.5) is 11.5 Å². The Morgan fingerprint density at radius 3 is 2.38 bits per heavy atom. The molecule has 1 aromatic heterocycles. The minimum atomic E-state index is -0.133. The molecule has 0 bridgehead atoms. The number of rotatable bonds is 10. The van der Waals surface area contributed by atoms with Crippen LogP contribution in [0.3, 0.4) is 0 Å². The summed E-state index contributed by atoms with van der Waals surface area (Å²) in [7, 11) is 2.05. The fraction of sp³-hybridized carbons (Fsp3) is 0.519. The lowest BCUT2D eigenvalue weighted by atomic mass is 9.99. The molecule has 1 aliphatic rings. The van der Waals surface area contributed by atoms with Crippen LogP contribution in [-0.2, 0) is 23.5 Å². The number of pyridine rings is 1. The number of hydrogen-bond acceptors (Lipinski definition) is 9. The highest BCUT2D eigenvalue weighted by Crippen LogP contribution is 2.35. The zero-order chi connectivity index (χ0) is 27.4. The molecule has 1 aliphatic heterocycles.